The Bertz CT molecular complexity index is 1240. The lowest BCUT2D eigenvalue weighted by atomic mass is 10.2. The Morgan fingerprint density at radius 2 is 1.79 bits per heavy atom. The van der Waals surface area contributed by atoms with Crippen molar-refractivity contribution < 1.29 is 9.21 Å². The van der Waals surface area contributed by atoms with Gasteiger partial charge in [0.25, 0.3) is 0 Å². The first-order valence-corrected chi connectivity index (χ1v) is 11.6. The molecule has 4 aromatic rings. The first-order chi connectivity index (χ1) is 16.2. The SMILES string of the molecule is O=C(CCc1ncc(-c2ccc(Cl)cc2)o1)Nc1ccc(-c2nnc3n2CCCCC3)cc1. The van der Waals surface area contributed by atoms with E-state index in [1.54, 1.807) is 18.3 Å². The molecule has 1 aliphatic rings. The highest BCUT2D eigenvalue weighted by Gasteiger charge is 2.16. The molecular formula is C25H24ClN5O2. The topological polar surface area (TPSA) is 85.8 Å². The molecule has 5 rings (SSSR count). The number of aryl methyl sites for hydroxylation is 2. The predicted molar refractivity (Wildman–Crippen MR) is 127 cm³/mol. The molecule has 1 N–H and O–H groups in total. The van der Waals surface area contributed by atoms with E-state index < -0.39 is 0 Å². The molecule has 0 spiro atoms. The summed E-state index contributed by atoms with van der Waals surface area (Å²) in [5.41, 5.74) is 2.64. The lowest BCUT2D eigenvalue weighted by Crippen LogP contribution is -2.12. The first-order valence-electron chi connectivity index (χ1n) is 11.2. The van der Waals surface area contributed by atoms with Gasteiger partial charge in [-0.2, -0.15) is 0 Å². The number of carbonyl (C=O) groups excluding carboxylic acids is 1. The van der Waals surface area contributed by atoms with Crippen LogP contribution < -0.4 is 5.32 Å². The summed E-state index contributed by atoms with van der Waals surface area (Å²) in [6.07, 6.45) is 6.89. The zero-order valence-corrected chi connectivity index (χ0v) is 18.9. The van der Waals surface area contributed by atoms with Crippen LogP contribution in [-0.4, -0.2) is 25.7 Å². The number of halogens is 1. The Morgan fingerprint density at radius 1 is 1.00 bits per heavy atom. The molecule has 1 amide bonds. The molecule has 1 aliphatic heterocycles. The molecule has 8 heteroatoms. The van der Waals surface area contributed by atoms with E-state index in [4.69, 9.17) is 16.0 Å². The van der Waals surface area contributed by atoms with Gasteiger partial charge in [0.15, 0.2) is 17.5 Å². The number of hydrogen-bond acceptors (Lipinski definition) is 5. The van der Waals surface area contributed by atoms with Crippen LogP contribution in [0.15, 0.2) is 59.1 Å². The van der Waals surface area contributed by atoms with Crippen LogP contribution in [-0.2, 0) is 24.2 Å². The van der Waals surface area contributed by atoms with Gasteiger partial charge in [0.1, 0.15) is 5.82 Å². The fourth-order valence-electron chi connectivity index (χ4n) is 4.02. The fourth-order valence-corrected chi connectivity index (χ4v) is 4.14. The van der Waals surface area contributed by atoms with Crippen LogP contribution in [0, 0.1) is 0 Å². The third kappa shape index (κ3) is 4.98. The number of fused-ring (bicyclic) bond motifs is 1. The van der Waals surface area contributed by atoms with Gasteiger partial charge < -0.3 is 14.3 Å². The van der Waals surface area contributed by atoms with Gasteiger partial charge in [-0.15, -0.1) is 10.2 Å². The quantitative estimate of drug-likeness (QED) is 0.406. The van der Waals surface area contributed by atoms with E-state index in [-0.39, 0.29) is 12.3 Å². The van der Waals surface area contributed by atoms with Crippen molar-refractivity contribution in [1.29, 1.82) is 0 Å². The molecule has 0 saturated carbocycles. The molecule has 0 unspecified atom stereocenters. The number of carbonyl (C=O) groups is 1. The predicted octanol–water partition coefficient (Wildman–Crippen LogP) is 5.55. The van der Waals surface area contributed by atoms with E-state index in [1.165, 1.54) is 12.8 Å². The van der Waals surface area contributed by atoms with Crippen molar-refractivity contribution in [3.63, 3.8) is 0 Å². The molecule has 0 fully saturated rings. The standard InChI is InChI=1S/C25H24ClN5O2/c26-19-9-5-17(6-10-19)21-16-27-24(33-21)14-13-23(32)28-20-11-7-18(8-12-20)25-30-29-22-4-2-1-3-15-31(22)25/h5-12,16H,1-4,13-15H2,(H,28,32). The highest BCUT2D eigenvalue weighted by atomic mass is 35.5. The summed E-state index contributed by atoms with van der Waals surface area (Å²) in [4.78, 5) is 16.7. The van der Waals surface area contributed by atoms with Crippen LogP contribution in [0.2, 0.25) is 5.02 Å². The van der Waals surface area contributed by atoms with Crippen molar-refractivity contribution >= 4 is 23.2 Å². The lowest BCUT2D eigenvalue weighted by molar-refractivity contribution is -0.116. The van der Waals surface area contributed by atoms with Gasteiger partial charge in [0.2, 0.25) is 5.91 Å². The number of aromatic nitrogens is 4. The Morgan fingerprint density at radius 3 is 2.61 bits per heavy atom. The number of amides is 1. The number of hydrogen-bond donors (Lipinski definition) is 1. The first kappa shape index (κ1) is 21.4. The van der Waals surface area contributed by atoms with Gasteiger partial charge in [-0.3, -0.25) is 4.79 Å². The number of rotatable bonds is 6. The molecule has 2 aromatic heterocycles. The van der Waals surface area contributed by atoms with Crippen LogP contribution >= 0.6 is 11.6 Å². The summed E-state index contributed by atoms with van der Waals surface area (Å²) in [6, 6.07) is 15.1. The van der Waals surface area contributed by atoms with Crippen LogP contribution in [0.1, 0.15) is 37.4 Å². The Balaban J connectivity index is 1.17. The van der Waals surface area contributed by atoms with E-state index in [2.05, 4.69) is 25.1 Å². The molecule has 2 aromatic carbocycles. The summed E-state index contributed by atoms with van der Waals surface area (Å²) >= 11 is 5.93. The zero-order chi connectivity index (χ0) is 22.6. The Hall–Kier alpha value is -3.45. The van der Waals surface area contributed by atoms with Crippen molar-refractivity contribution in [3.8, 4) is 22.7 Å². The smallest absolute Gasteiger partial charge is 0.224 e. The molecule has 3 heterocycles. The molecule has 0 saturated heterocycles. The van der Waals surface area contributed by atoms with Crippen LogP contribution in [0.3, 0.4) is 0 Å². The summed E-state index contributed by atoms with van der Waals surface area (Å²) in [5.74, 6) is 3.04. The molecule has 0 radical (unpaired) electrons. The number of oxazole rings is 1. The maximum absolute atomic E-state index is 12.4. The maximum atomic E-state index is 12.4. The van der Waals surface area contributed by atoms with E-state index in [9.17, 15) is 4.79 Å². The van der Waals surface area contributed by atoms with Crippen LogP contribution in [0.4, 0.5) is 5.69 Å². The van der Waals surface area contributed by atoms with Crippen LogP contribution in [0.5, 0.6) is 0 Å². The van der Waals surface area contributed by atoms with Crippen molar-refractivity contribution in [3.05, 3.63) is 71.5 Å². The van der Waals surface area contributed by atoms with E-state index >= 15 is 0 Å². The minimum absolute atomic E-state index is 0.0923. The van der Waals surface area contributed by atoms with E-state index in [0.717, 1.165) is 47.8 Å². The molecular weight excluding hydrogens is 438 g/mol. The maximum Gasteiger partial charge on any atom is 0.224 e. The van der Waals surface area contributed by atoms with Gasteiger partial charge >= 0.3 is 0 Å². The van der Waals surface area contributed by atoms with Crippen molar-refractivity contribution in [2.45, 2.75) is 45.1 Å². The monoisotopic (exact) mass is 461 g/mol. The summed E-state index contributed by atoms with van der Waals surface area (Å²) in [7, 11) is 0. The second-order valence-electron chi connectivity index (χ2n) is 8.15. The third-order valence-corrected chi connectivity index (χ3v) is 6.04. The zero-order valence-electron chi connectivity index (χ0n) is 18.1. The summed E-state index contributed by atoms with van der Waals surface area (Å²) in [6.45, 7) is 0.955. The third-order valence-electron chi connectivity index (χ3n) is 5.78. The van der Waals surface area contributed by atoms with Gasteiger partial charge in [-0.25, -0.2) is 4.98 Å². The number of nitrogens with zero attached hydrogens (tertiary/aromatic N) is 4. The number of nitrogens with one attached hydrogen (secondary N) is 1. The Kier molecular flexibility index (Phi) is 6.21. The molecule has 7 nitrogen and oxygen atoms in total. The normalized spacial score (nSPS) is 13.4. The fraction of sp³-hybridized carbons (Fsp3) is 0.280. The van der Waals surface area contributed by atoms with Gasteiger partial charge in [0.05, 0.1) is 6.20 Å². The van der Waals surface area contributed by atoms with Crippen molar-refractivity contribution in [1.82, 2.24) is 19.7 Å². The van der Waals surface area contributed by atoms with Gasteiger partial charge in [-0.1, -0.05) is 18.0 Å². The largest absolute Gasteiger partial charge is 0.441 e. The minimum atomic E-state index is -0.0923. The molecule has 168 valence electrons. The van der Waals surface area contributed by atoms with Crippen LogP contribution in [0.25, 0.3) is 22.7 Å². The lowest BCUT2D eigenvalue weighted by Gasteiger charge is -2.08. The average molecular weight is 462 g/mol. The average Bonchev–Trinajstić information content (AvgIpc) is 3.40. The summed E-state index contributed by atoms with van der Waals surface area (Å²) < 4.78 is 7.99. The van der Waals surface area contributed by atoms with Gasteiger partial charge in [-0.05, 0) is 61.4 Å². The minimum Gasteiger partial charge on any atom is -0.441 e. The molecule has 33 heavy (non-hydrogen) atoms. The highest BCUT2D eigenvalue weighted by Crippen LogP contribution is 2.25. The molecule has 0 aliphatic carbocycles. The van der Waals surface area contributed by atoms with E-state index in [0.29, 0.717) is 23.1 Å². The van der Waals surface area contributed by atoms with Gasteiger partial charge in [0, 0.05) is 47.6 Å². The van der Waals surface area contributed by atoms with E-state index in [1.807, 2.05) is 36.4 Å². The van der Waals surface area contributed by atoms with Crippen molar-refractivity contribution in [2.24, 2.45) is 0 Å². The second-order valence-corrected chi connectivity index (χ2v) is 8.59. The number of benzene rings is 2. The highest BCUT2D eigenvalue weighted by molar-refractivity contribution is 6.30. The summed E-state index contributed by atoms with van der Waals surface area (Å²) in [5, 5.41) is 12.4. The Labute approximate surface area is 196 Å². The molecule has 0 atom stereocenters. The second kappa shape index (κ2) is 9.58. The van der Waals surface area contributed by atoms with Crippen molar-refractivity contribution in [2.75, 3.05) is 5.32 Å². The number of anilines is 1. The molecule has 0 bridgehead atoms.